The molecule has 0 aliphatic heterocycles. The largest absolute Gasteiger partial charge is 0.451 e. The van der Waals surface area contributed by atoms with E-state index in [1.54, 1.807) is 41.2 Å². The fourth-order valence-electron chi connectivity index (χ4n) is 1.75. The van der Waals surface area contributed by atoms with Gasteiger partial charge in [-0.05, 0) is 23.8 Å². The number of hydrogen-bond donors (Lipinski definition) is 0. The summed E-state index contributed by atoms with van der Waals surface area (Å²) >= 11 is 5.71. The van der Waals surface area contributed by atoms with Crippen molar-refractivity contribution in [2.75, 3.05) is 7.05 Å². The lowest BCUT2D eigenvalue weighted by Gasteiger charge is -2.09. The average Bonchev–Trinajstić information content (AvgIpc) is 2.47. The highest BCUT2D eigenvalue weighted by atomic mass is 35.5. The Labute approximate surface area is 129 Å². The van der Waals surface area contributed by atoms with E-state index in [0.29, 0.717) is 11.7 Å². The van der Waals surface area contributed by atoms with E-state index in [1.807, 2.05) is 0 Å². The van der Waals surface area contributed by atoms with Gasteiger partial charge in [0.05, 0.1) is 6.54 Å². The highest BCUT2D eigenvalue weighted by Crippen LogP contribution is 2.17. The van der Waals surface area contributed by atoms with Gasteiger partial charge in [0.25, 0.3) is 0 Å². The minimum Gasteiger partial charge on any atom is -0.328 e. The van der Waals surface area contributed by atoms with Gasteiger partial charge >= 0.3 is 6.18 Å². The number of amidine groups is 1. The zero-order valence-electron chi connectivity index (χ0n) is 11.5. The molecule has 0 aromatic carbocycles. The van der Waals surface area contributed by atoms with E-state index in [4.69, 9.17) is 11.6 Å². The SMILES string of the molecule is CN=C(N=c1ccccn1Cc1ccc(Cl)nc1)C(F)(F)F. The van der Waals surface area contributed by atoms with Crippen molar-refractivity contribution in [3.63, 3.8) is 0 Å². The second-order valence-electron chi connectivity index (χ2n) is 4.33. The smallest absolute Gasteiger partial charge is 0.328 e. The van der Waals surface area contributed by atoms with E-state index in [0.717, 1.165) is 12.6 Å². The lowest BCUT2D eigenvalue weighted by molar-refractivity contribution is -0.0599. The van der Waals surface area contributed by atoms with E-state index in [-0.39, 0.29) is 5.49 Å². The summed E-state index contributed by atoms with van der Waals surface area (Å²) in [5, 5.41) is 0.351. The molecule has 0 unspecified atom stereocenters. The Morgan fingerprint density at radius 1 is 1.27 bits per heavy atom. The van der Waals surface area contributed by atoms with Crippen LogP contribution >= 0.6 is 11.6 Å². The van der Waals surface area contributed by atoms with Gasteiger partial charge in [0, 0.05) is 19.4 Å². The van der Waals surface area contributed by atoms with Crippen LogP contribution in [0.1, 0.15) is 5.56 Å². The lowest BCUT2D eigenvalue weighted by atomic mass is 10.3. The first-order valence-corrected chi connectivity index (χ1v) is 6.62. The molecule has 2 aromatic rings. The van der Waals surface area contributed by atoms with Crippen LogP contribution in [0.4, 0.5) is 13.2 Å². The fraction of sp³-hybridized carbons (Fsp3) is 0.214. The molecule has 0 spiro atoms. The van der Waals surface area contributed by atoms with Crippen LogP contribution in [0.3, 0.4) is 0 Å². The predicted molar refractivity (Wildman–Crippen MR) is 77.8 cm³/mol. The van der Waals surface area contributed by atoms with Gasteiger partial charge < -0.3 is 4.57 Å². The van der Waals surface area contributed by atoms with E-state index in [9.17, 15) is 13.2 Å². The molecular weight excluding hydrogens is 317 g/mol. The molecule has 2 aromatic heterocycles. The number of hydrogen-bond acceptors (Lipinski definition) is 2. The zero-order chi connectivity index (χ0) is 16.2. The minimum atomic E-state index is -4.59. The Bertz CT molecular complexity index is 733. The summed E-state index contributed by atoms with van der Waals surface area (Å²) in [5.41, 5.74) is 0.939. The van der Waals surface area contributed by atoms with Crippen molar-refractivity contribution in [3.05, 3.63) is 58.9 Å². The van der Waals surface area contributed by atoms with Crippen molar-refractivity contribution in [1.82, 2.24) is 9.55 Å². The normalized spacial score (nSPS) is 13.5. The number of pyridine rings is 2. The number of alkyl halides is 3. The minimum absolute atomic E-state index is 0.148. The Hall–Kier alpha value is -2.15. The van der Waals surface area contributed by atoms with Crippen molar-refractivity contribution in [2.45, 2.75) is 12.7 Å². The molecule has 0 N–H and O–H groups in total. The summed E-state index contributed by atoms with van der Waals surface area (Å²) in [6, 6.07) is 8.17. The van der Waals surface area contributed by atoms with E-state index in [2.05, 4.69) is 15.0 Å². The molecule has 0 fully saturated rings. The van der Waals surface area contributed by atoms with Crippen molar-refractivity contribution >= 4 is 17.4 Å². The summed E-state index contributed by atoms with van der Waals surface area (Å²) in [5.74, 6) is -1.18. The molecule has 22 heavy (non-hydrogen) atoms. The van der Waals surface area contributed by atoms with Gasteiger partial charge in [-0.1, -0.05) is 23.7 Å². The summed E-state index contributed by atoms with van der Waals surface area (Å²) in [7, 11) is 1.06. The number of aliphatic imine (C=N–C) groups is 1. The second kappa shape index (κ2) is 6.74. The van der Waals surface area contributed by atoms with Gasteiger partial charge in [0.2, 0.25) is 5.84 Å². The topological polar surface area (TPSA) is 42.5 Å². The molecule has 2 rings (SSSR count). The average molecular weight is 329 g/mol. The highest BCUT2D eigenvalue weighted by Gasteiger charge is 2.35. The van der Waals surface area contributed by atoms with Gasteiger partial charge in [-0.25, -0.2) is 9.98 Å². The number of rotatable bonds is 2. The van der Waals surface area contributed by atoms with Gasteiger partial charge in [-0.2, -0.15) is 13.2 Å². The van der Waals surface area contributed by atoms with Crippen molar-refractivity contribution < 1.29 is 13.2 Å². The quantitative estimate of drug-likeness (QED) is 0.474. The molecule has 0 radical (unpaired) electrons. The summed E-state index contributed by atoms with van der Waals surface area (Å²) in [6.45, 7) is 0.318. The van der Waals surface area contributed by atoms with Crippen LogP contribution in [0.5, 0.6) is 0 Å². The standard InChI is InChI=1S/C14H12ClF3N4/c1-19-13(14(16,17)18)21-12-4-2-3-7-22(12)9-10-5-6-11(15)20-8-10/h2-8H,9H2,1H3. The van der Waals surface area contributed by atoms with Crippen molar-refractivity contribution in [3.8, 4) is 0 Å². The van der Waals surface area contributed by atoms with E-state index in [1.165, 1.54) is 6.07 Å². The molecule has 0 atom stereocenters. The van der Waals surface area contributed by atoms with E-state index >= 15 is 0 Å². The Morgan fingerprint density at radius 3 is 2.64 bits per heavy atom. The molecule has 8 heteroatoms. The second-order valence-corrected chi connectivity index (χ2v) is 4.72. The fourth-order valence-corrected chi connectivity index (χ4v) is 1.86. The van der Waals surface area contributed by atoms with Crippen molar-refractivity contribution in [2.24, 2.45) is 9.98 Å². The first kappa shape index (κ1) is 16.2. The molecular formula is C14H12ClF3N4. The van der Waals surface area contributed by atoms with Crippen LogP contribution in [0.2, 0.25) is 5.15 Å². The zero-order valence-corrected chi connectivity index (χ0v) is 12.3. The maximum absolute atomic E-state index is 12.8. The third-order valence-electron chi connectivity index (χ3n) is 2.74. The lowest BCUT2D eigenvalue weighted by Crippen LogP contribution is -2.28. The molecule has 0 bridgehead atoms. The molecule has 116 valence electrons. The first-order chi connectivity index (χ1) is 10.4. The third-order valence-corrected chi connectivity index (χ3v) is 2.97. The van der Waals surface area contributed by atoms with Gasteiger partial charge in [0.15, 0.2) is 0 Å². The molecule has 0 aliphatic rings. The first-order valence-electron chi connectivity index (χ1n) is 6.25. The number of halogens is 4. The number of nitrogens with zero attached hydrogens (tertiary/aromatic N) is 4. The summed E-state index contributed by atoms with van der Waals surface area (Å²) in [4.78, 5) is 10.7. The summed E-state index contributed by atoms with van der Waals surface area (Å²) < 4.78 is 39.8. The van der Waals surface area contributed by atoms with Crippen molar-refractivity contribution in [1.29, 1.82) is 0 Å². The maximum atomic E-state index is 12.8. The molecule has 0 saturated carbocycles. The van der Waals surface area contributed by atoms with Gasteiger partial charge in [-0.15, -0.1) is 0 Å². The molecule has 0 saturated heterocycles. The van der Waals surface area contributed by atoms with Crippen LogP contribution in [0.25, 0.3) is 0 Å². The Morgan fingerprint density at radius 2 is 2.05 bits per heavy atom. The number of aromatic nitrogens is 2. The maximum Gasteiger partial charge on any atom is 0.451 e. The summed E-state index contributed by atoms with van der Waals surface area (Å²) in [6.07, 6.45) is -1.40. The van der Waals surface area contributed by atoms with E-state index < -0.39 is 12.0 Å². The molecule has 0 amide bonds. The van der Waals surface area contributed by atoms with Gasteiger partial charge in [-0.3, -0.25) is 4.99 Å². The van der Waals surface area contributed by atoms with Crippen LogP contribution in [0, 0.1) is 0 Å². The Kier molecular flexibility index (Phi) is 4.97. The molecule has 4 nitrogen and oxygen atoms in total. The van der Waals surface area contributed by atoms with Crippen LogP contribution in [-0.2, 0) is 6.54 Å². The third kappa shape index (κ3) is 4.17. The van der Waals surface area contributed by atoms with Crippen LogP contribution in [0.15, 0.2) is 52.7 Å². The van der Waals surface area contributed by atoms with Crippen LogP contribution < -0.4 is 5.49 Å². The monoisotopic (exact) mass is 328 g/mol. The molecule has 0 aliphatic carbocycles. The van der Waals surface area contributed by atoms with Crippen LogP contribution in [-0.4, -0.2) is 28.6 Å². The predicted octanol–water partition coefficient (Wildman–Crippen LogP) is 3.08. The van der Waals surface area contributed by atoms with Gasteiger partial charge in [0.1, 0.15) is 10.6 Å². The highest BCUT2D eigenvalue weighted by molar-refractivity contribution is 6.29. The molecule has 2 heterocycles. The Balaban J connectivity index is 2.40.